The Morgan fingerprint density at radius 3 is 2.62 bits per heavy atom. The number of carbonyl (C=O) groups excluding carboxylic acids is 1. The number of hydrogen-bond donors (Lipinski definition) is 3. The van der Waals surface area contributed by atoms with Crippen LogP contribution in [0.5, 0.6) is 0 Å². The van der Waals surface area contributed by atoms with E-state index in [1.807, 2.05) is 0 Å². The predicted octanol–water partition coefficient (Wildman–Crippen LogP) is 2.94. The normalized spacial score (nSPS) is 11.2. The molecule has 0 heterocycles. The van der Waals surface area contributed by atoms with Crippen molar-refractivity contribution in [1.82, 2.24) is 0 Å². The Morgan fingerprint density at radius 1 is 1.24 bits per heavy atom. The first-order chi connectivity index (χ1) is 10.0. The number of nitrogens with two attached hydrogens (primary N) is 1. The largest absolute Gasteiger partial charge is 0.409 e. The summed E-state index contributed by atoms with van der Waals surface area (Å²) in [4.78, 5) is 12.1. The lowest BCUT2D eigenvalue weighted by atomic mass is 10.1. The van der Waals surface area contributed by atoms with Gasteiger partial charge in [-0.2, -0.15) is 0 Å². The third-order valence-electron chi connectivity index (χ3n) is 2.73. The number of amides is 1. The van der Waals surface area contributed by atoms with Crippen molar-refractivity contribution in [3.63, 3.8) is 0 Å². The maximum absolute atomic E-state index is 13.5. The highest BCUT2D eigenvalue weighted by Crippen LogP contribution is 2.19. The zero-order valence-electron chi connectivity index (χ0n) is 10.7. The minimum Gasteiger partial charge on any atom is -0.409 e. The van der Waals surface area contributed by atoms with Gasteiger partial charge in [-0.1, -0.05) is 17.3 Å². The Balaban J connectivity index is 2.28. The summed E-state index contributed by atoms with van der Waals surface area (Å²) >= 11 is 3.28. The molecule has 0 radical (unpaired) electrons. The molecule has 0 aliphatic rings. The molecule has 108 valence electrons. The number of anilines is 1. The van der Waals surface area contributed by atoms with Crippen LogP contribution in [0.25, 0.3) is 0 Å². The van der Waals surface area contributed by atoms with Gasteiger partial charge >= 0.3 is 0 Å². The highest BCUT2D eigenvalue weighted by atomic mass is 79.9. The maximum Gasteiger partial charge on any atom is 0.256 e. The molecule has 2 aromatic carbocycles. The molecule has 2 rings (SSSR count). The van der Waals surface area contributed by atoms with Crippen molar-refractivity contribution in [2.75, 3.05) is 5.32 Å². The lowest BCUT2D eigenvalue weighted by Crippen LogP contribution is -2.17. The second kappa shape index (κ2) is 6.36. The lowest BCUT2D eigenvalue weighted by Gasteiger charge is -2.09. The first kappa shape index (κ1) is 15.0. The van der Waals surface area contributed by atoms with Crippen molar-refractivity contribution in [1.29, 1.82) is 0 Å². The summed E-state index contributed by atoms with van der Waals surface area (Å²) < 4.78 is 14.2. The highest BCUT2D eigenvalue weighted by Gasteiger charge is 2.12. The van der Waals surface area contributed by atoms with Crippen molar-refractivity contribution in [2.45, 2.75) is 0 Å². The molecule has 0 aliphatic carbocycles. The smallest absolute Gasteiger partial charge is 0.256 e. The van der Waals surface area contributed by atoms with Crippen molar-refractivity contribution < 1.29 is 14.4 Å². The molecule has 0 fully saturated rings. The second-order valence-electron chi connectivity index (χ2n) is 4.11. The first-order valence-corrected chi connectivity index (χ1v) is 6.65. The fraction of sp³-hybridized carbons (Fsp3) is 0. The molecular formula is C14H11BrFN3O2. The molecular weight excluding hydrogens is 341 g/mol. The average Bonchev–Trinajstić information content (AvgIpc) is 2.48. The molecule has 4 N–H and O–H groups in total. The van der Waals surface area contributed by atoms with Gasteiger partial charge in [0.1, 0.15) is 5.82 Å². The van der Waals surface area contributed by atoms with E-state index < -0.39 is 5.82 Å². The van der Waals surface area contributed by atoms with E-state index in [9.17, 15) is 9.18 Å². The van der Waals surface area contributed by atoms with Crippen molar-refractivity contribution in [2.24, 2.45) is 10.9 Å². The van der Waals surface area contributed by atoms with E-state index in [1.54, 1.807) is 24.3 Å². The number of rotatable bonds is 3. The van der Waals surface area contributed by atoms with Gasteiger partial charge in [-0.25, -0.2) is 4.39 Å². The monoisotopic (exact) mass is 351 g/mol. The van der Waals surface area contributed by atoms with Gasteiger partial charge in [0.15, 0.2) is 5.84 Å². The number of hydrogen-bond acceptors (Lipinski definition) is 3. The van der Waals surface area contributed by atoms with Crippen LogP contribution in [0.15, 0.2) is 52.1 Å². The highest BCUT2D eigenvalue weighted by molar-refractivity contribution is 9.10. The molecule has 1 amide bonds. The van der Waals surface area contributed by atoms with Gasteiger partial charge in [-0.05, 0) is 46.3 Å². The summed E-state index contributed by atoms with van der Waals surface area (Å²) in [5.41, 5.74) is 6.04. The summed E-state index contributed by atoms with van der Waals surface area (Å²) in [6.07, 6.45) is 0. The van der Waals surface area contributed by atoms with Crippen LogP contribution < -0.4 is 11.1 Å². The predicted molar refractivity (Wildman–Crippen MR) is 81.0 cm³/mol. The Hall–Kier alpha value is -2.41. The van der Waals surface area contributed by atoms with Crippen LogP contribution in [-0.4, -0.2) is 17.0 Å². The molecule has 0 saturated heterocycles. The number of carbonyl (C=O) groups is 1. The molecule has 21 heavy (non-hydrogen) atoms. The summed E-state index contributed by atoms with van der Waals surface area (Å²) in [6, 6.07) is 10.7. The van der Waals surface area contributed by atoms with Gasteiger partial charge < -0.3 is 16.3 Å². The standard InChI is InChI=1S/C14H11BrFN3O2/c15-11-4-2-1-3-9(11)14(20)18-8-5-6-12(16)10(7-8)13(17)19-21/h1-7,21H,(H2,17,19)(H,18,20). The molecule has 0 unspecified atom stereocenters. The SMILES string of the molecule is NC(=NO)c1cc(NC(=O)c2ccccc2Br)ccc1F. The van der Waals surface area contributed by atoms with Gasteiger partial charge in [-0.15, -0.1) is 0 Å². The summed E-state index contributed by atoms with van der Waals surface area (Å²) in [6.45, 7) is 0. The van der Waals surface area contributed by atoms with Crippen molar-refractivity contribution in [3.8, 4) is 0 Å². The zero-order chi connectivity index (χ0) is 15.4. The van der Waals surface area contributed by atoms with Gasteiger partial charge in [-0.3, -0.25) is 4.79 Å². The number of halogens is 2. The quantitative estimate of drug-likeness (QED) is 0.344. The summed E-state index contributed by atoms with van der Waals surface area (Å²) in [5.74, 6) is -1.38. The van der Waals surface area contributed by atoms with E-state index in [1.165, 1.54) is 12.1 Å². The number of oxime groups is 1. The van der Waals surface area contributed by atoms with E-state index in [4.69, 9.17) is 10.9 Å². The van der Waals surface area contributed by atoms with Crippen LogP contribution in [0.1, 0.15) is 15.9 Å². The summed E-state index contributed by atoms with van der Waals surface area (Å²) in [5, 5.41) is 14.0. The Morgan fingerprint density at radius 2 is 1.95 bits per heavy atom. The van der Waals surface area contributed by atoms with E-state index in [-0.39, 0.29) is 17.3 Å². The molecule has 5 nitrogen and oxygen atoms in total. The average molecular weight is 352 g/mol. The lowest BCUT2D eigenvalue weighted by molar-refractivity contribution is 0.102. The number of benzene rings is 2. The summed E-state index contributed by atoms with van der Waals surface area (Å²) in [7, 11) is 0. The van der Waals surface area contributed by atoms with Gasteiger partial charge in [0.25, 0.3) is 5.91 Å². The molecule has 0 saturated carbocycles. The van der Waals surface area contributed by atoms with E-state index >= 15 is 0 Å². The molecule has 0 aliphatic heterocycles. The molecule has 2 aromatic rings. The fourth-order valence-electron chi connectivity index (χ4n) is 1.70. The zero-order valence-corrected chi connectivity index (χ0v) is 12.3. The van der Waals surface area contributed by atoms with Gasteiger partial charge in [0, 0.05) is 10.2 Å². The third kappa shape index (κ3) is 3.38. The van der Waals surface area contributed by atoms with Crippen molar-refractivity contribution >= 4 is 33.4 Å². The van der Waals surface area contributed by atoms with Crippen LogP contribution in [-0.2, 0) is 0 Å². The molecule has 0 aromatic heterocycles. The van der Waals surface area contributed by atoms with Crippen LogP contribution in [0.2, 0.25) is 0 Å². The van der Waals surface area contributed by atoms with E-state index in [0.717, 1.165) is 6.07 Å². The molecule has 0 bridgehead atoms. The van der Waals surface area contributed by atoms with Crippen molar-refractivity contribution in [3.05, 3.63) is 63.9 Å². The first-order valence-electron chi connectivity index (χ1n) is 5.86. The van der Waals surface area contributed by atoms with Crippen LogP contribution in [0.4, 0.5) is 10.1 Å². The third-order valence-corrected chi connectivity index (χ3v) is 3.42. The van der Waals surface area contributed by atoms with Gasteiger partial charge in [0.05, 0.1) is 11.1 Å². The Labute approximate surface area is 128 Å². The molecule has 0 spiro atoms. The maximum atomic E-state index is 13.5. The van der Waals surface area contributed by atoms with E-state index in [0.29, 0.717) is 15.7 Å². The Bertz CT molecular complexity index is 719. The minimum atomic E-state index is -0.649. The second-order valence-corrected chi connectivity index (χ2v) is 4.97. The van der Waals surface area contributed by atoms with Crippen LogP contribution in [0.3, 0.4) is 0 Å². The van der Waals surface area contributed by atoms with Crippen LogP contribution in [0, 0.1) is 5.82 Å². The topological polar surface area (TPSA) is 87.7 Å². The Kier molecular flexibility index (Phi) is 4.54. The fourth-order valence-corrected chi connectivity index (χ4v) is 2.16. The minimum absolute atomic E-state index is 0.0950. The molecule has 0 atom stereocenters. The van der Waals surface area contributed by atoms with E-state index in [2.05, 4.69) is 26.4 Å². The van der Waals surface area contributed by atoms with Crippen LogP contribution >= 0.6 is 15.9 Å². The van der Waals surface area contributed by atoms with Gasteiger partial charge in [0.2, 0.25) is 0 Å². The number of nitrogens with one attached hydrogen (secondary N) is 1. The number of nitrogens with zero attached hydrogens (tertiary/aromatic N) is 1. The molecule has 7 heteroatoms. The number of amidine groups is 1.